The van der Waals surface area contributed by atoms with Crippen molar-refractivity contribution in [2.75, 3.05) is 0 Å². The molecule has 2 rings (SSSR count). The maximum atomic E-state index is 4.54. The van der Waals surface area contributed by atoms with Gasteiger partial charge in [0.25, 0.3) is 0 Å². The lowest BCUT2D eigenvalue weighted by Crippen LogP contribution is -2.11. The molecule has 0 bridgehead atoms. The van der Waals surface area contributed by atoms with Gasteiger partial charge in [0.2, 0.25) is 0 Å². The van der Waals surface area contributed by atoms with E-state index >= 15 is 0 Å². The lowest BCUT2D eigenvalue weighted by molar-refractivity contribution is 0.788. The van der Waals surface area contributed by atoms with Gasteiger partial charge in [-0.3, -0.25) is 4.98 Å². The number of hydrogen-bond acceptors (Lipinski definition) is 1. The number of allylic oxidation sites excluding steroid dienone is 4. The minimum atomic E-state index is 0.477. The van der Waals surface area contributed by atoms with Crippen LogP contribution in [0.3, 0.4) is 0 Å². The summed E-state index contributed by atoms with van der Waals surface area (Å²) in [5, 5.41) is 0. The molecule has 0 N–H and O–H groups in total. The Morgan fingerprint density at radius 3 is 2.94 bits per heavy atom. The van der Waals surface area contributed by atoms with Crippen LogP contribution in [0.5, 0.6) is 0 Å². The summed E-state index contributed by atoms with van der Waals surface area (Å²) < 4.78 is 0. The summed E-state index contributed by atoms with van der Waals surface area (Å²) in [6.45, 7) is 6.61. The van der Waals surface area contributed by atoms with Gasteiger partial charge in [-0.2, -0.15) is 0 Å². The monoisotopic (exact) mass is 212 g/mol. The van der Waals surface area contributed by atoms with Crippen molar-refractivity contribution in [3.63, 3.8) is 0 Å². The minimum Gasteiger partial charge on any atom is -0.256 e. The Morgan fingerprint density at radius 1 is 1.38 bits per heavy atom. The Hall–Kier alpha value is -1.37. The zero-order valence-electron chi connectivity index (χ0n) is 10.2. The average Bonchev–Trinajstić information content (AvgIpc) is 2.33. The van der Waals surface area contributed by atoms with Crippen LogP contribution in [-0.2, 0) is 6.42 Å². The van der Waals surface area contributed by atoms with E-state index in [1.165, 1.54) is 22.7 Å². The van der Waals surface area contributed by atoms with E-state index in [1.54, 1.807) is 0 Å². The number of pyridine rings is 1. The zero-order chi connectivity index (χ0) is 11.5. The van der Waals surface area contributed by atoms with Crippen LogP contribution in [0.2, 0.25) is 0 Å². The largest absolute Gasteiger partial charge is 0.256 e. The molecule has 1 nitrogen and oxygen atoms in total. The van der Waals surface area contributed by atoms with Crippen LogP contribution in [-0.4, -0.2) is 4.98 Å². The van der Waals surface area contributed by atoms with E-state index in [1.807, 2.05) is 12.3 Å². The first-order chi connectivity index (χ1) is 7.74. The van der Waals surface area contributed by atoms with Gasteiger partial charge >= 0.3 is 0 Å². The van der Waals surface area contributed by atoms with E-state index in [9.17, 15) is 0 Å². The predicted octanol–water partition coefficient (Wildman–Crippen LogP) is 3.83. The third-order valence-electron chi connectivity index (χ3n) is 3.33. The smallest absolute Gasteiger partial charge is 0.0696 e. The van der Waals surface area contributed by atoms with Crippen LogP contribution in [0, 0.1) is 11.8 Å². The van der Waals surface area contributed by atoms with Crippen LogP contribution in [0.25, 0.3) is 5.57 Å². The molecular formula is C15H18N. The Morgan fingerprint density at radius 2 is 2.19 bits per heavy atom. The standard InChI is InChI=1S/C15H18N/c1-4-13-8-6-10-16-15(13)14-9-5-7-11(2)12(14)3/h5-10,12H,4H2,1-3H3. The molecule has 1 atom stereocenters. The van der Waals surface area contributed by atoms with Crippen LogP contribution >= 0.6 is 0 Å². The molecule has 83 valence electrons. The number of rotatable bonds is 2. The first-order valence-electron chi connectivity index (χ1n) is 5.90. The molecule has 1 aromatic heterocycles. The summed E-state index contributed by atoms with van der Waals surface area (Å²) in [5.74, 6) is 1.88. The van der Waals surface area contributed by atoms with Crippen molar-refractivity contribution in [1.29, 1.82) is 0 Å². The molecule has 0 amide bonds. The molecule has 1 aromatic rings. The SMILES string of the molecule is CCc1cccnc1C1=CC=C[C](C)C1C. The van der Waals surface area contributed by atoms with Gasteiger partial charge in [-0.1, -0.05) is 45.1 Å². The van der Waals surface area contributed by atoms with E-state index in [4.69, 9.17) is 0 Å². The Bertz CT molecular complexity index is 429. The Kier molecular flexibility index (Phi) is 3.23. The molecule has 1 aliphatic rings. The van der Waals surface area contributed by atoms with Gasteiger partial charge < -0.3 is 0 Å². The van der Waals surface area contributed by atoms with Gasteiger partial charge in [-0.15, -0.1) is 0 Å². The van der Waals surface area contributed by atoms with E-state index < -0.39 is 0 Å². The van der Waals surface area contributed by atoms with Gasteiger partial charge in [0.1, 0.15) is 0 Å². The molecular weight excluding hydrogens is 194 g/mol. The highest BCUT2D eigenvalue weighted by atomic mass is 14.7. The summed E-state index contributed by atoms with van der Waals surface area (Å²) in [6.07, 6.45) is 9.42. The summed E-state index contributed by atoms with van der Waals surface area (Å²) >= 11 is 0. The Balaban J connectivity index is 2.44. The fourth-order valence-electron chi connectivity index (χ4n) is 2.11. The van der Waals surface area contributed by atoms with Crippen LogP contribution in [0.15, 0.2) is 36.6 Å². The Labute approximate surface area is 97.9 Å². The molecule has 0 aliphatic heterocycles. The summed E-state index contributed by atoms with van der Waals surface area (Å²) in [6, 6.07) is 4.19. The first-order valence-corrected chi connectivity index (χ1v) is 5.90. The summed E-state index contributed by atoms with van der Waals surface area (Å²) in [7, 11) is 0. The van der Waals surface area contributed by atoms with E-state index in [0.717, 1.165) is 6.42 Å². The fourth-order valence-corrected chi connectivity index (χ4v) is 2.11. The third kappa shape index (κ3) is 1.95. The molecule has 0 saturated carbocycles. The van der Waals surface area contributed by atoms with Gasteiger partial charge in [0.15, 0.2) is 0 Å². The average molecular weight is 212 g/mol. The fraction of sp³-hybridized carbons (Fsp3) is 0.333. The molecule has 0 aromatic carbocycles. The third-order valence-corrected chi connectivity index (χ3v) is 3.33. The lowest BCUT2D eigenvalue weighted by atomic mass is 9.82. The highest BCUT2D eigenvalue weighted by molar-refractivity contribution is 5.72. The van der Waals surface area contributed by atoms with Crippen molar-refractivity contribution < 1.29 is 0 Å². The van der Waals surface area contributed by atoms with E-state index in [-0.39, 0.29) is 0 Å². The first kappa shape index (κ1) is 11.1. The minimum absolute atomic E-state index is 0.477. The maximum Gasteiger partial charge on any atom is 0.0696 e. The van der Waals surface area contributed by atoms with Crippen molar-refractivity contribution in [2.45, 2.75) is 27.2 Å². The van der Waals surface area contributed by atoms with Gasteiger partial charge in [0, 0.05) is 12.1 Å². The zero-order valence-corrected chi connectivity index (χ0v) is 10.2. The highest BCUT2D eigenvalue weighted by Gasteiger charge is 2.21. The van der Waals surface area contributed by atoms with Crippen molar-refractivity contribution in [1.82, 2.24) is 4.98 Å². The molecule has 1 heterocycles. The topological polar surface area (TPSA) is 12.9 Å². The molecule has 1 aliphatic carbocycles. The number of aryl methyl sites for hydroxylation is 1. The number of aromatic nitrogens is 1. The lowest BCUT2D eigenvalue weighted by Gasteiger charge is -2.23. The summed E-state index contributed by atoms with van der Waals surface area (Å²) in [5.41, 5.74) is 3.85. The molecule has 0 spiro atoms. The van der Waals surface area contributed by atoms with Gasteiger partial charge in [-0.05, 0) is 29.5 Å². The molecule has 0 fully saturated rings. The quantitative estimate of drug-likeness (QED) is 0.726. The van der Waals surface area contributed by atoms with Crippen molar-refractivity contribution >= 4 is 5.57 Å². The van der Waals surface area contributed by atoms with E-state index in [2.05, 4.69) is 50.0 Å². The van der Waals surface area contributed by atoms with E-state index in [0.29, 0.717) is 5.92 Å². The van der Waals surface area contributed by atoms with Crippen molar-refractivity contribution in [2.24, 2.45) is 5.92 Å². The van der Waals surface area contributed by atoms with Gasteiger partial charge in [-0.25, -0.2) is 0 Å². The van der Waals surface area contributed by atoms with Gasteiger partial charge in [0.05, 0.1) is 5.69 Å². The highest BCUT2D eigenvalue weighted by Crippen LogP contribution is 2.34. The maximum absolute atomic E-state index is 4.54. The van der Waals surface area contributed by atoms with Crippen LogP contribution in [0.1, 0.15) is 32.0 Å². The predicted molar refractivity (Wildman–Crippen MR) is 68.8 cm³/mol. The van der Waals surface area contributed by atoms with Crippen molar-refractivity contribution in [3.8, 4) is 0 Å². The molecule has 1 heteroatoms. The van der Waals surface area contributed by atoms with Crippen LogP contribution in [0.4, 0.5) is 0 Å². The second kappa shape index (κ2) is 4.65. The molecule has 0 saturated heterocycles. The molecule has 1 radical (unpaired) electrons. The second-order valence-corrected chi connectivity index (χ2v) is 4.31. The second-order valence-electron chi connectivity index (χ2n) is 4.31. The summed E-state index contributed by atoms with van der Waals surface area (Å²) in [4.78, 5) is 4.54. The normalized spacial score (nSPS) is 20.9. The number of nitrogens with zero attached hydrogens (tertiary/aromatic N) is 1. The number of hydrogen-bond donors (Lipinski definition) is 0. The molecule has 16 heavy (non-hydrogen) atoms. The van der Waals surface area contributed by atoms with Crippen LogP contribution < -0.4 is 0 Å². The molecule has 1 unspecified atom stereocenters. The van der Waals surface area contributed by atoms with Crippen molar-refractivity contribution in [3.05, 3.63) is 53.7 Å².